The van der Waals surface area contributed by atoms with E-state index in [9.17, 15) is 8.42 Å². The minimum Gasteiger partial charge on any atom is -0.317 e. The zero-order valence-electron chi connectivity index (χ0n) is 12.8. The summed E-state index contributed by atoms with van der Waals surface area (Å²) in [5.74, 6) is 3.06. The van der Waals surface area contributed by atoms with Crippen LogP contribution in [0.3, 0.4) is 0 Å². The molecule has 1 saturated heterocycles. The van der Waals surface area contributed by atoms with Gasteiger partial charge in [-0.2, -0.15) is 0 Å². The molecule has 5 aliphatic rings. The molecule has 5 fully saturated rings. The third-order valence-corrected chi connectivity index (χ3v) is 7.98. The highest BCUT2D eigenvalue weighted by Gasteiger charge is 2.52. The summed E-state index contributed by atoms with van der Waals surface area (Å²) in [5, 5.41) is 3.31. The van der Waals surface area contributed by atoms with Crippen LogP contribution in [0.15, 0.2) is 0 Å². The molecule has 21 heavy (non-hydrogen) atoms. The first-order valence-corrected chi connectivity index (χ1v) is 10.4. The van der Waals surface area contributed by atoms with Crippen LogP contribution in [0, 0.1) is 23.7 Å². The Morgan fingerprint density at radius 2 is 1.48 bits per heavy atom. The van der Waals surface area contributed by atoms with Crippen molar-refractivity contribution in [1.29, 1.82) is 0 Å². The van der Waals surface area contributed by atoms with Crippen LogP contribution in [0.1, 0.15) is 51.4 Å². The molecular formula is C16H28N2O2S. The predicted octanol–water partition coefficient (Wildman–Crippen LogP) is 1.87. The number of hydrogen-bond acceptors (Lipinski definition) is 3. The Morgan fingerprint density at radius 3 is 2.00 bits per heavy atom. The fraction of sp³-hybridized carbons (Fsp3) is 1.00. The molecule has 0 amide bonds. The van der Waals surface area contributed by atoms with Crippen LogP contribution in [0.4, 0.5) is 0 Å². The summed E-state index contributed by atoms with van der Waals surface area (Å²) in [6, 6.07) is 0. The molecule has 5 heteroatoms. The van der Waals surface area contributed by atoms with E-state index in [0.29, 0.717) is 11.7 Å². The average molecular weight is 312 g/mol. The van der Waals surface area contributed by atoms with Gasteiger partial charge >= 0.3 is 0 Å². The maximum Gasteiger partial charge on any atom is 0.212 e. The molecule has 0 unspecified atom stereocenters. The number of hydrogen-bond donors (Lipinski definition) is 2. The predicted molar refractivity (Wildman–Crippen MR) is 83.4 cm³/mol. The van der Waals surface area contributed by atoms with Gasteiger partial charge in [0.05, 0.1) is 5.75 Å². The Hall–Kier alpha value is -0.130. The van der Waals surface area contributed by atoms with Crippen LogP contribution in [0.25, 0.3) is 0 Å². The second kappa shape index (κ2) is 5.20. The molecule has 5 rings (SSSR count). The molecular weight excluding hydrogens is 284 g/mol. The largest absolute Gasteiger partial charge is 0.317 e. The van der Waals surface area contributed by atoms with Gasteiger partial charge in [-0.1, -0.05) is 0 Å². The molecule has 4 bridgehead atoms. The van der Waals surface area contributed by atoms with Crippen molar-refractivity contribution in [3.8, 4) is 0 Å². The lowest BCUT2D eigenvalue weighted by molar-refractivity contribution is -0.00814. The quantitative estimate of drug-likeness (QED) is 0.833. The summed E-state index contributed by atoms with van der Waals surface area (Å²) in [6.07, 6.45) is 9.38. The average Bonchev–Trinajstić information content (AvgIpc) is 2.35. The van der Waals surface area contributed by atoms with Gasteiger partial charge < -0.3 is 5.32 Å². The molecule has 0 atom stereocenters. The topological polar surface area (TPSA) is 58.2 Å². The molecule has 0 radical (unpaired) electrons. The van der Waals surface area contributed by atoms with E-state index in [4.69, 9.17) is 0 Å². The van der Waals surface area contributed by atoms with E-state index in [0.717, 1.165) is 62.9 Å². The lowest BCUT2D eigenvalue weighted by Gasteiger charge is -2.56. The van der Waals surface area contributed by atoms with Gasteiger partial charge in [0.15, 0.2) is 0 Å². The van der Waals surface area contributed by atoms with E-state index in [1.54, 1.807) is 0 Å². The number of sulfonamides is 1. The molecule has 0 aromatic rings. The SMILES string of the molecule is O=S(=O)(CC1CCNCC1)NC12CC3CC(CC(C3)C1)C2. The van der Waals surface area contributed by atoms with Gasteiger partial charge in [-0.3, -0.25) is 0 Å². The van der Waals surface area contributed by atoms with Crippen LogP contribution in [0.2, 0.25) is 0 Å². The van der Waals surface area contributed by atoms with Gasteiger partial charge in [0.2, 0.25) is 10.0 Å². The summed E-state index contributed by atoms with van der Waals surface area (Å²) < 4.78 is 28.5. The number of nitrogens with one attached hydrogen (secondary N) is 2. The first-order valence-electron chi connectivity index (χ1n) is 8.74. The van der Waals surface area contributed by atoms with Gasteiger partial charge in [0.1, 0.15) is 0 Å². The monoisotopic (exact) mass is 312 g/mol. The first kappa shape index (κ1) is 14.5. The molecule has 4 nitrogen and oxygen atoms in total. The van der Waals surface area contributed by atoms with Crippen LogP contribution >= 0.6 is 0 Å². The highest BCUT2D eigenvalue weighted by molar-refractivity contribution is 7.89. The van der Waals surface area contributed by atoms with Crippen molar-refractivity contribution in [1.82, 2.24) is 10.0 Å². The number of rotatable bonds is 4. The maximum atomic E-state index is 12.7. The van der Waals surface area contributed by atoms with Crippen LogP contribution in [0.5, 0.6) is 0 Å². The van der Waals surface area contributed by atoms with E-state index >= 15 is 0 Å². The van der Waals surface area contributed by atoms with E-state index in [-0.39, 0.29) is 5.54 Å². The third kappa shape index (κ3) is 3.02. The zero-order valence-corrected chi connectivity index (χ0v) is 13.6. The van der Waals surface area contributed by atoms with E-state index < -0.39 is 10.0 Å². The van der Waals surface area contributed by atoms with Crippen LogP contribution in [-0.2, 0) is 10.0 Å². The van der Waals surface area contributed by atoms with Gasteiger partial charge in [0, 0.05) is 5.54 Å². The van der Waals surface area contributed by atoms with E-state index in [2.05, 4.69) is 10.0 Å². The minimum absolute atomic E-state index is 0.0689. The molecule has 1 heterocycles. The standard InChI is InChI=1S/C16H28N2O2S/c19-21(20,11-12-1-3-17-4-2-12)18-16-8-13-5-14(9-16)7-15(6-13)10-16/h12-15,17-18H,1-11H2. The smallest absolute Gasteiger partial charge is 0.212 e. The van der Waals surface area contributed by atoms with Crippen molar-refractivity contribution < 1.29 is 8.42 Å². The Balaban J connectivity index is 1.44. The summed E-state index contributed by atoms with van der Waals surface area (Å²) in [6.45, 7) is 1.94. The molecule has 1 aliphatic heterocycles. The summed E-state index contributed by atoms with van der Waals surface area (Å²) in [5.41, 5.74) is -0.0689. The highest BCUT2D eigenvalue weighted by Crippen LogP contribution is 2.55. The van der Waals surface area contributed by atoms with Crippen molar-refractivity contribution in [2.24, 2.45) is 23.7 Å². The molecule has 2 N–H and O–H groups in total. The normalized spacial score (nSPS) is 43.3. The number of piperidine rings is 1. The lowest BCUT2D eigenvalue weighted by atomic mass is 9.53. The second-order valence-electron chi connectivity index (χ2n) is 8.27. The second-order valence-corrected chi connectivity index (χ2v) is 10.0. The third-order valence-electron chi connectivity index (χ3n) is 6.32. The Morgan fingerprint density at radius 1 is 0.952 bits per heavy atom. The Kier molecular flexibility index (Phi) is 3.58. The van der Waals surface area contributed by atoms with Crippen molar-refractivity contribution in [2.75, 3.05) is 18.8 Å². The fourth-order valence-electron chi connectivity index (χ4n) is 5.97. The molecule has 120 valence electrons. The lowest BCUT2D eigenvalue weighted by Crippen LogP contribution is -2.60. The Labute approximate surface area is 128 Å². The van der Waals surface area contributed by atoms with Crippen LogP contribution in [-0.4, -0.2) is 32.8 Å². The first-order chi connectivity index (χ1) is 10.0. The molecule has 4 saturated carbocycles. The minimum atomic E-state index is -3.12. The molecule has 4 aliphatic carbocycles. The summed E-state index contributed by atoms with van der Waals surface area (Å²) in [7, 11) is -3.12. The van der Waals surface area contributed by atoms with Gasteiger partial charge in [-0.25, -0.2) is 13.1 Å². The van der Waals surface area contributed by atoms with E-state index in [1.165, 1.54) is 19.3 Å². The zero-order chi connectivity index (χ0) is 14.5. The van der Waals surface area contributed by atoms with Crippen molar-refractivity contribution in [2.45, 2.75) is 56.9 Å². The molecule has 0 aromatic heterocycles. The maximum absolute atomic E-state index is 12.7. The highest BCUT2D eigenvalue weighted by atomic mass is 32.2. The van der Waals surface area contributed by atoms with E-state index in [1.807, 2.05) is 0 Å². The Bertz CT molecular complexity index is 461. The van der Waals surface area contributed by atoms with Gasteiger partial charge in [0.25, 0.3) is 0 Å². The van der Waals surface area contributed by atoms with Gasteiger partial charge in [-0.05, 0) is 88.1 Å². The fourth-order valence-corrected chi connectivity index (χ4v) is 7.91. The van der Waals surface area contributed by atoms with Crippen molar-refractivity contribution in [3.05, 3.63) is 0 Å². The van der Waals surface area contributed by atoms with Crippen LogP contribution < -0.4 is 10.0 Å². The van der Waals surface area contributed by atoms with Crippen molar-refractivity contribution >= 4 is 10.0 Å². The van der Waals surface area contributed by atoms with Gasteiger partial charge in [-0.15, -0.1) is 0 Å². The van der Waals surface area contributed by atoms with Crippen molar-refractivity contribution in [3.63, 3.8) is 0 Å². The molecule has 0 spiro atoms. The molecule has 0 aromatic carbocycles. The summed E-state index contributed by atoms with van der Waals surface area (Å²) in [4.78, 5) is 0. The summed E-state index contributed by atoms with van der Waals surface area (Å²) >= 11 is 0.